The average molecular weight is 251 g/mol. The molecule has 0 saturated carbocycles. The van der Waals surface area contributed by atoms with Crippen LogP contribution < -0.4 is 0 Å². The summed E-state index contributed by atoms with van der Waals surface area (Å²) in [6.45, 7) is 1.48. The molecule has 0 N–H and O–H groups in total. The molecule has 3 saturated heterocycles. The summed E-state index contributed by atoms with van der Waals surface area (Å²) in [5.74, 6) is 0.368. The monoisotopic (exact) mass is 251 g/mol. The fourth-order valence-electron chi connectivity index (χ4n) is 3.50. The zero-order valence-electron chi connectivity index (χ0n) is 11.1. The molecule has 0 radical (unpaired) electrons. The number of piperazine rings is 1. The van der Waals surface area contributed by atoms with E-state index >= 15 is 0 Å². The van der Waals surface area contributed by atoms with Gasteiger partial charge >= 0.3 is 0 Å². The van der Waals surface area contributed by atoms with Gasteiger partial charge in [-0.2, -0.15) is 0 Å². The molecule has 18 heavy (non-hydrogen) atoms. The lowest BCUT2D eigenvalue weighted by Gasteiger charge is -2.44. The van der Waals surface area contributed by atoms with Crippen molar-refractivity contribution in [3.05, 3.63) is 0 Å². The molecule has 100 valence electrons. The minimum atomic E-state index is -0.195. The van der Waals surface area contributed by atoms with Crippen LogP contribution in [0.2, 0.25) is 0 Å². The number of amides is 2. The van der Waals surface area contributed by atoms with Crippen LogP contribution in [0.3, 0.4) is 0 Å². The van der Waals surface area contributed by atoms with Crippen LogP contribution in [0.5, 0.6) is 0 Å². The minimum absolute atomic E-state index is 0.164. The quantitative estimate of drug-likeness (QED) is 0.654. The predicted molar refractivity (Wildman–Crippen MR) is 66.9 cm³/mol. The summed E-state index contributed by atoms with van der Waals surface area (Å²) in [4.78, 5) is 30.7. The van der Waals surface area contributed by atoms with Gasteiger partial charge in [-0.15, -0.1) is 0 Å². The van der Waals surface area contributed by atoms with Crippen molar-refractivity contribution in [1.82, 2.24) is 14.7 Å². The summed E-state index contributed by atoms with van der Waals surface area (Å²) in [6.07, 6.45) is 3.75. The zero-order valence-corrected chi connectivity index (χ0v) is 11.1. The second-order valence-corrected chi connectivity index (χ2v) is 5.90. The lowest BCUT2D eigenvalue weighted by atomic mass is 9.96. The van der Waals surface area contributed by atoms with E-state index in [1.165, 1.54) is 0 Å². The van der Waals surface area contributed by atoms with Crippen LogP contribution in [-0.2, 0) is 9.59 Å². The predicted octanol–water partition coefficient (Wildman–Crippen LogP) is -0.0878. The summed E-state index contributed by atoms with van der Waals surface area (Å²) in [5.41, 5.74) is 0. The highest BCUT2D eigenvalue weighted by atomic mass is 16.2. The fraction of sp³-hybridized carbons (Fsp3) is 0.846. The maximum Gasteiger partial charge on any atom is 0.246 e. The Morgan fingerprint density at radius 1 is 1.06 bits per heavy atom. The number of hydrogen-bond donors (Lipinski definition) is 0. The van der Waals surface area contributed by atoms with Crippen LogP contribution in [0.15, 0.2) is 0 Å². The first kappa shape index (κ1) is 12.0. The molecule has 3 atom stereocenters. The number of nitrogens with zero attached hydrogens (tertiary/aromatic N) is 3. The van der Waals surface area contributed by atoms with Crippen LogP contribution in [0.1, 0.15) is 25.7 Å². The van der Waals surface area contributed by atoms with Gasteiger partial charge in [0.2, 0.25) is 11.8 Å². The Bertz CT molecular complexity index is 350. The van der Waals surface area contributed by atoms with Gasteiger partial charge < -0.3 is 14.7 Å². The Balaban J connectivity index is 1.85. The van der Waals surface area contributed by atoms with Gasteiger partial charge in [-0.1, -0.05) is 0 Å². The normalized spacial score (nSPS) is 36.1. The first-order valence-corrected chi connectivity index (χ1v) is 6.87. The Labute approximate surface area is 108 Å². The lowest BCUT2D eigenvalue weighted by molar-refractivity contribution is -0.161. The molecule has 3 heterocycles. The molecular formula is C13H21N3O2. The van der Waals surface area contributed by atoms with Crippen molar-refractivity contribution >= 4 is 11.8 Å². The van der Waals surface area contributed by atoms with Gasteiger partial charge in [-0.3, -0.25) is 9.59 Å². The van der Waals surface area contributed by atoms with Crippen LogP contribution in [0.4, 0.5) is 0 Å². The van der Waals surface area contributed by atoms with Gasteiger partial charge in [-0.25, -0.2) is 0 Å². The van der Waals surface area contributed by atoms with Crippen LogP contribution >= 0.6 is 0 Å². The second kappa shape index (κ2) is 4.23. The molecule has 3 aliphatic rings. The minimum Gasteiger partial charge on any atom is -0.329 e. The van der Waals surface area contributed by atoms with E-state index < -0.39 is 0 Å². The van der Waals surface area contributed by atoms with E-state index in [9.17, 15) is 9.59 Å². The van der Waals surface area contributed by atoms with E-state index in [-0.39, 0.29) is 23.9 Å². The zero-order chi connectivity index (χ0) is 12.9. The molecule has 3 fully saturated rings. The summed E-state index contributed by atoms with van der Waals surface area (Å²) in [5, 5.41) is 0. The summed E-state index contributed by atoms with van der Waals surface area (Å²) < 4.78 is 0. The van der Waals surface area contributed by atoms with Crippen molar-refractivity contribution in [2.75, 3.05) is 27.2 Å². The smallest absolute Gasteiger partial charge is 0.246 e. The molecule has 0 spiro atoms. The fourth-order valence-corrected chi connectivity index (χ4v) is 3.50. The summed E-state index contributed by atoms with van der Waals surface area (Å²) >= 11 is 0. The third-order valence-electron chi connectivity index (χ3n) is 4.65. The van der Waals surface area contributed by atoms with Crippen molar-refractivity contribution < 1.29 is 9.59 Å². The number of carbonyl (C=O) groups is 2. The van der Waals surface area contributed by atoms with Crippen LogP contribution in [0.25, 0.3) is 0 Å². The van der Waals surface area contributed by atoms with E-state index in [1.54, 1.807) is 0 Å². The van der Waals surface area contributed by atoms with Crippen molar-refractivity contribution in [2.45, 2.75) is 43.8 Å². The largest absolute Gasteiger partial charge is 0.329 e. The average Bonchev–Trinajstić information content (AvgIpc) is 2.81. The molecule has 0 unspecified atom stereocenters. The molecule has 0 aromatic carbocycles. The third kappa shape index (κ3) is 1.64. The van der Waals surface area contributed by atoms with Crippen molar-refractivity contribution in [1.29, 1.82) is 0 Å². The highest BCUT2D eigenvalue weighted by Crippen LogP contribution is 2.32. The Morgan fingerprint density at radius 3 is 2.50 bits per heavy atom. The standard InChI is InChI=1S/C13H21N3O2/c1-14(2)9-7-11-13(18)15-6-4-3-5-10(15)12(17)16(11)8-9/h9-11H,3-8H2,1-2H3/t9-,10-,11+/m1/s1. The maximum atomic E-state index is 12.5. The number of carbonyl (C=O) groups excluding carboxylic acids is 2. The van der Waals surface area contributed by atoms with E-state index in [2.05, 4.69) is 4.90 Å². The molecule has 0 bridgehead atoms. The first-order valence-electron chi connectivity index (χ1n) is 6.87. The molecule has 3 rings (SSSR count). The topological polar surface area (TPSA) is 43.9 Å². The van der Waals surface area contributed by atoms with Gasteiger partial charge in [0.05, 0.1) is 0 Å². The van der Waals surface area contributed by atoms with Crippen molar-refractivity contribution in [3.63, 3.8) is 0 Å². The second-order valence-electron chi connectivity index (χ2n) is 5.90. The van der Waals surface area contributed by atoms with E-state index in [0.717, 1.165) is 32.2 Å². The summed E-state index contributed by atoms with van der Waals surface area (Å²) in [6, 6.07) is -0.0353. The molecule has 0 aromatic rings. The highest BCUT2D eigenvalue weighted by molar-refractivity contribution is 5.97. The maximum absolute atomic E-state index is 12.5. The number of rotatable bonds is 1. The van der Waals surface area contributed by atoms with E-state index in [1.807, 2.05) is 23.9 Å². The number of hydrogen-bond acceptors (Lipinski definition) is 3. The Hall–Kier alpha value is -1.10. The van der Waals surface area contributed by atoms with Gasteiger partial charge in [0, 0.05) is 19.1 Å². The van der Waals surface area contributed by atoms with E-state index in [4.69, 9.17) is 0 Å². The number of piperidine rings is 1. The van der Waals surface area contributed by atoms with Gasteiger partial charge in [-0.05, 0) is 39.8 Å². The number of fused-ring (bicyclic) bond motifs is 2. The van der Waals surface area contributed by atoms with Gasteiger partial charge in [0.1, 0.15) is 12.1 Å². The highest BCUT2D eigenvalue weighted by Gasteiger charge is 2.50. The van der Waals surface area contributed by atoms with E-state index in [0.29, 0.717) is 12.6 Å². The molecule has 3 aliphatic heterocycles. The molecule has 0 aromatic heterocycles. The molecule has 5 nitrogen and oxygen atoms in total. The Morgan fingerprint density at radius 2 is 1.78 bits per heavy atom. The summed E-state index contributed by atoms with van der Waals surface area (Å²) in [7, 11) is 4.04. The van der Waals surface area contributed by atoms with Crippen LogP contribution in [-0.4, -0.2) is 71.8 Å². The molecule has 0 aliphatic carbocycles. The number of likely N-dealkylation sites (N-methyl/N-ethyl adjacent to an activating group) is 1. The van der Waals surface area contributed by atoms with Crippen LogP contribution in [0, 0.1) is 0 Å². The third-order valence-corrected chi connectivity index (χ3v) is 4.65. The molecule has 2 amide bonds. The first-order chi connectivity index (χ1) is 8.59. The Kier molecular flexibility index (Phi) is 2.81. The molecule has 5 heteroatoms. The molecular weight excluding hydrogens is 230 g/mol. The van der Waals surface area contributed by atoms with Gasteiger partial charge in [0.25, 0.3) is 0 Å². The van der Waals surface area contributed by atoms with Crippen molar-refractivity contribution in [3.8, 4) is 0 Å². The lowest BCUT2D eigenvalue weighted by Crippen LogP contribution is -2.63. The van der Waals surface area contributed by atoms with Crippen molar-refractivity contribution in [2.24, 2.45) is 0 Å². The SMILES string of the molecule is CN(C)[C@@H]1C[C@H]2C(=O)N3CCCC[C@@H]3C(=O)N2C1. The van der Waals surface area contributed by atoms with Gasteiger partial charge in [0.15, 0.2) is 0 Å².